The number of carbonyl (C=O) groups is 1. The largest absolute Gasteiger partial charge is 0.493 e. The molecular weight excluding hydrogens is 504 g/mol. The van der Waals surface area contributed by atoms with Gasteiger partial charge in [0.2, 0.25) is 5.95 Å². The lowest BCUT2D eigenvalue weighted by Gasteiger charge is -2.26. The molecule has 5 heterocycles. The highest BCUT2D eigenvalue weighted by Crippen LogP contribution is 2.35. The number of rotatable bonds is 5. The summed E-state index contributed by atoms with van der Waals surface area (Å²) in [5, 5.41) is 3.10. The van der Waals surface area contributed by atoms with Gasteiger partial charge >= 0.3 is 6.18 Å². The van der Waals surface area contributed by atoms with Crippen LogP contribution in [0, 0.1) is 5.82 Å². The Kier molecular flexibility index (Phi) is 5.69. The molecule has 0 saturated carbocycles. The topological polar surface area (TPSA) is 84.7 Å². The van der Waals surface area contributed by atoms with Gasteiger partial charge in [0.05, 0.1) is 24.4 Å². The number of pyridine rings is 1. The molecule has 0 fully saturated rings. The number of halogens is 4. The van der Waals surface area contributed by atoms with E-state index in [0.29, 0.717) is 63.7 Å². The van der Waals surface area contributed by atoms with Crippen LogP contribution in [0.15, 0.2) is 36.8 Å². The van der Waals surface area contributed by atoms with E-state index >= 15 is 0 Å². The third-order valence-corrected chi connectivity index (χ3v) is 6.82. The molecule has 1 aromatic carbocycles. The van der Waals surface area contributed by atoms with E-state index in [9.17, 15) is 22.4 Å². The Morgan fingerprint density at radius 1 is 1.13 bits per heavy atom. The van der Waals surface area contributed by atoms with Crippen molar-refractivity contribution in [3.8, 4) is 16.9 Å². The first kappa shape index (κ1) is 24.1. The minimum atomic E-state index is -4.60. The van der Waals surface area contributed by atoms with Crippen molar-refractivity contribution in [1.82, 2.24) is 24.3 Å². The van der Waals surface area contributed by atoms with Crippen molar-refractivity contribution < 1.29 is 27.1 Å². The second kappa shape index (κ2) is 8.96. The molecule has 0 unspecified atom stereocenters. The van der Waals surface area contributed by atoms with Crippen molar-refractivity contribution in [1.29, 1.82) is 0 Å². The van der Waals surface area contributed by atoms with Gasteiger partial charge in [-0.25, -0.2) is 14.4 Å². The van der Waals surface area contributed by atoms with Crippen LogP contribution in [0.25, 0.3) is 16.6 Å². The maximum absolute atomic E-state index is 14.7. The molecule has 2 aliphatic rings. The number of fused-ring (bicyclic) bond motifs is 3. The molecule has 1 amide bonds. The van der Waals surface area contributed by atoms with Crippen LogP contribution in [0.2, 0.25) is 0 Å². The van der Waals surface area contributed by atoms with Crippen LogP contribution >= 0.6 is 0 Å². The summed E-state index contributed by atoms with van der Waals surface area (Å²) in [4.78, 5) is 27.3. The Balaban J connectivity index is 1.46. The molecule has 6 rings (SSSR count). The van der Waals surface area contributed by atoms with Crippen LogP contribution in [0.3, 0.4) is 0 Å². The molecule has 3 aromatic heterocycles. The second-order valence-electron chi connectivity index (χ2n) is 9.19. The monoisotopic (exact) mass is 526 g/mol. The molecule has 0 aliphatic carbocycles. The average molecular weight is 526 g/mol. The third-order valence-electron chi connectivity index (χ3n) is 6.82. The van der Waals surface area contributed by atoms with Gasteiger partial charge < -0.3 is 15.0 Å². The van der Waals surface area contributed by atoms with E-state index < -0.39 is 18.6 Å². The number of alkyl halides is 3. The fraction of sp³-hybridized carbons (Fsp3) is 0.308. The van der Waals surface area contributed by atoms with Gasteiger partial charge in [-0.2, -0.15) is 13.2 Å². The molecule has 4 aromatic rings. The maximum atomic E-state index is 14.7. The van der Waals surface area contributed by atoms with Crippen LogP contribution in [-0.2, 0) is 25.9 Å². The quantitative estimate of drug-likeness (QED) is 0.384. The zero-order chi connectivity index (χ0) is 26.6. The van der Waals surface area contributed by atoms with Crippen LogP contribution < -0.4 is 10.1 Å². The van der Waals surface area contributed by atoms with E-state index in [4.69, 9.17) is 4.74 Å². The zero-order valence-corrected chi connectivity index (χ0v) is 20.3. The van der Waals surface area contributed by atoms with Gasteiger partial charge in [-0.3, -0.25) is 14.2 Å². The highest BCUT2D eigenvalue weighted by Gasteiger charge is 2.37. The van der Waals surface area contributed by atoms with Gasteiger partial charge in [0.25, 0.3) is 5.91 Å². The van der Waals surface area contributed by atoms with E-state index in [1.54, 1.807) is 18.2 Å². The number of benzene rings is 1. The number of carbonyl (C=O) groups excluding carboxylic acids is 1. The van der Waals surface area contributed by atoms with Gasteiger partial charge in [0.15, 0.2) is 5.69 Å². The summed E-state index contributed by atoms with van der Waals surface area (Å²) in [6.07, 6.45) is -0.570. The average Bonchev–Trinajstić information content (AvgIpc) is 3.54. The summed E-state index contributed by atoms with van der Waals surface area (Å²) in [6, 6.07) is 6.53. The van der Waals surface area contributed by atoms with E-state index in [2.05, 4.69) is 20.3 Å². The lowest BCUT2D eigenvalue weighted by Crippen LogP contribution is -2.39. The molecular formula is C26H22F4N6O2. The third kappa shape index (κ3) is 4.09. The molecule has 196 valence electrons. The minimum absolute atomic E-state index is 0.0828. The van der Waals surface area contributed by atoms with E-state index in [-0.39, 0.29) is 30.5 Å². The number of aryl methyl sites for hydroxylation is 1. The Morgan fingerprint density at radius 3 is 2.76 bits per heavy atom. The SMILES string of the molecule is CCc1ccc2c(n1)CN(CC(F)(F)F)C(=O)c1ncn3c(NCc4c(F)ccc5c4CCO5)ncc-2c13. The molecule has 12 heteroatoms. The molecule has 0 saturated heterocycles. The van der Waals surface area contributed by atoms with Gasteiger partial charge in [-0.15, -0.1) is 0 Å². The number of nitrogens with zero attached hydrogens (tertiary/aromatic N) is 5. The molecule has 2 aliphatic heterocycles. The smallest absolute Gasteiger partial charge is 0.406 e. The highest BCUT2D eigenvalue weighted by atomic mass is 19.4. The number of amides is 1. The fourth-order valence-corrected chi connectivity index (χ4v) is 5.03. The number of nitrogens with one attached hydrogen (secondary N) is 1. The summed E-state index contributed by atoms with van der Waals surface area (Å²) < 4.78 is 62.0. The van der Waals surface area contributed by atoms with E-state index in [0.717, 1.165) is 5.56 Å². The van der Waals surface area contributed by atoms with Crippen LogP contribution in [0.1, 0.15) is 39.9 Å². The summed E-state index contributed by atoms with van der Waals surface area (Å²) >= 11 is 0. The summed E-state index contributed by atoms with van der Waals surface area (Å²) in [6.45, 7) is 0.689. The first-order valence-corrected chi connectivity index (χ1v) is 12.1. The minimum Gasteiger partial charge on any atom is -0.493 e. The molecule has 38 heavy (non-hydrogen) atoms. The van der Waals surface area contributed by atoms with Crippen molar-refractivity contribution in [2.75, 3.05) is 18.5 Å². The number of anilines is 1. The van der Waals surface area contributed by atoms with E-state index in [1.165, 1.54) is 23.0 Å². The van der Waals surface area contributed by atoms with Crippen LogP contribution in [0.5, 0.6) is 5.75 Å². The van der Waals surface area contributed by atoms with E-state index in [1.807, 2.05) is 6.92 Å². The van der Waals surface area contributed by atoms with Crippen molar-refractivity contribution in [3.63, 3.8) is 0 Å². The van der Waals surface area contributed by atoms with Gasteiger partial charge in [0.1, 0.15) is 24.4 Å². The van der Waals surface area contributed by atoms with Gasteiger partial charge in [0, 0.05) is 47.1 Å². The van der Waals surface area contributed by atoms with Crippen molar-refractivity contribution in [3.05, 3.63) is 70.8 Å². The zero-order valence-electron chi connectivity index (χ0n) is 20.3. The Hall–Kier alpha value is -4.22. The van der Waals surface area contributed by atoms with Crippen molar-refractivity contribution in [2.24, 2.45) is 0 Å². The molecule has 0 spiro atoms. The van der Waals surface area contributed by atoms with Crippen molar-refractivity contribution >= 4 is 17.4 Å². The maximum Gasteiger partial charge on any atom is 0.406 e. The molecule has 0 radical (unpaired) electrons. The number of hydrogen-bond acceptors (Lipinski definition) is 6. The van der Waals surface area contributed by atoms with Crippen LogP contribution in [-0.4, -0.2) is 49.5 Å². The lowest BCUT2D eigenvalue weighted by atomic mass is 10.0. The highest BCUT2D eigenvalue weighted by molar-refractivity contribution is 6.04. The molecule has 8 nitrogen and oxygen atoms in total. The Morgan fingerprint density at radius 2 is 1.97 bits per heavy atom. The van der Waals surface area contributed by atoms with Gasteiger partial charge in [-0.1, -0.05) is 13.0 Å². The van der Waals surface area contributed by atoms with Crippen LogP contribution in [0.4, 0.5) is 23.5 Å². The Labute approximate surface area is 214 Å². The number of hydrogen-bond donors (Lipinski definition) is 1. The molecule has 0 atom stereocenters. The second-order valence-corrected chi connectivity index (χ2v) is 9.19. The standard InChI is InChI=1S/C26H22F4N6O2/c1-2-14-3-4-15-18-10-32-25(31-9-17-16-7-8-38-21(16)6-5-19(17)27)36-13-33-22(23(18)36)24(37)35(11-20(15)34-14)12-26(28,29)30/h3-6,10,13H,2,7-9,11-12H2,1H3,(H,31,32). The first-order valence-electron chi connectivity index (χ1n) is 12.1. The molecule has 0 bridgehead atoms. The Bertz CT molecular complexity index is 1580. The van der Waals surface area contributed by atoms with Gasteiger partial charge in [-0.05, 0) is 24.6 Å². The summed E-state index contributed by atoms with van der Waals surface area (Å²) in [5.74, 6) is -0.356. The predicted octanol–water partition coefficient (Wildman–Crippen LogP) is 4.56. The van der Waals surface area contributed by atoms with Crippen molar-refractivity contribution in [2.45, 2.75) is 39.0 Å². The fourth-order valence-electron chi connectivity index (χ4n) is 5.03. The lowest BCUT2D eigenvalue weighted by molar-refractivity contribution is -0.141. The predicted molar refractivity (Wildman–Crippen MR) is 129 cm³/mol. The first-order chi connectivity index (χ1) is 18.2. The number of ether oxygens (including phenoxy) is 1. The number of imidazole rings is 1. The summed E-state index contributed by atoms with van der Waals surface area (Å²) in [5.41, 5.74) is 3.52. The molecule has 1 N–H and O–H groups in total. The normalized spacial score (nSPS) is 14.7. The summed E-state index contributed by atoms with van der Waals surface area (Å²) in [7, 11) is 0. The number of aromatic nitrogens is 4.